The first-order valence-electron chi connectivity index (χ1n) is 7.21. The Morgan fingerprint density at radius 3 is 2.04 bits per heavy atom. The number of sulfone groups is 1. The van der Waals surface area contributed by atoms with Crippen LogP contribution >= 0.6 is 0 Å². The molecule has 0 fully saturated rings. The Hall–Kier alpha value is -2.74. The van der Waals surface area contributed by atoms with Crippen LogP contribution in [0, 0.1) is 0 Å². The van der Waals surface area contributed by atoms with Crippen molar-refractivity contribution in [1.29, 1.82) is 0 Å². The molecule has 0 aliphatic heterocycles. The number of nitrogens with one attached hydrogen (secondary N) is 1. The van der Waals surface area contributed by atoms with E-state index in [1.165, 1.54) is 39.5 Å². The molecule has 8 heteroatoms. The van der Waals surface area contributed by atoms with Gasteiger partial charge in [-0.15, -0.1) is 0 Å². The first-order valence-corrected chi connectivity index (χ1v) is 9.10. The number of ether oxygens (including phenoxy) is 3. The van der Waals surface area contributed by atoms with Crippen molar-refractivity contribution >= 4 is 21.4 Å². The van der Waals surface area contributed by atoms with E-state index in [0.717, 1.165) is 6.26 Å². The average Bonchev–Trinajstić information content (AvgIpc) is 2.60. The minimum Gasteiger partial charge on any atom is -0.495 e. The van der Waals surface area contributed by atoms with Crippen LogP contribution in [0.4, 0.5) is 5.69 Å². The van der Waals surface area contributed by atoms with E-state index < -0.39 is 15.7 Å². The minimum absolute atomic E-state index is 0.0463. The first kappa shape index (κ1) is 18.6. The van der Waals surface area contributed by atoms with Crippen molar-refractivity contribution in [3.8, 4) is 17.2 Å². The number of benzene rings is 2. The SMILES string of the molecule is COc1ccc(NC(=O)c2ccc(OC)c(S(C)(=O)=O)c2)cc1OC. The fourth-order valence-electron chi connectivity index (χ4n) is 2.22. The maximum Gasteiger partial charge on any atom is 0.255 e. The third-order valence-electron chi connectivity index (χ3n) is 3.47. The summed E-state index contributed by atoms with van der Waals surface area (Å²) in [4.78, 5) is 12.4. The molecule has 0 radical (unpaired) electrons. The van der Waals surface area contributed by atoms with Crippen molar-refractivity contribution in [2.45, 2.75) is 4.90 Å². The molecule has 0 heterocycles. The summed E-state index contributed by atoms with van der Waals surface area (Å²) in [5, 5.41) is 2.69. The van der Waals surface area contributed by atoms with Crippen molar-refractivity contribution in [1.82, 2.24) is 0 Å². The molecule has 0 saturated carbocycles. The van der Waals surface area contributed by atoms with Crippen LogP contribution in [-0.4, -0.2) is 41.9 Å². The molecule has 2 aromatic rings. The van der Waals surface area contributed by atoms with Gasteiger partial charge in [-0.05, 0) is 30.3 Å². The largest absolute Gasteiger partial charge is 0.495 e. The van der Waals surface area contributed by atoms with Crippen molar-refractivity contribution in [3.05, 3.63) is 42.0 Å². The Balaban J connectivity index is 2.33. The highest BCUT2D eigenvalue weighted by molar-refractivity contribution is 7.90. The van der Waals surface area contributed by atoms with Gasteiger partial charge in [-0.25, -0.2) is 8.42 Å². The van der Waals surface area contributed by atoms with E-state index in [4.69, 9.17) is 14.2 Å². The Morgan fingerprint density at radius 2 is 1.48 bits per heavy atom. The van der Waals surface area contributed by atoms with Crippen LogP contribution in [0.1, 0.15) is 10.4 Å². The van der Waals surface area contributed by atoms with E-state index in [1.54, 1.807) is 18.2 Å². The Kier molecular flexibility index (Phi) is 5.53. The van der Waals surface area contributed by atoms with Gasteiger partial charge in [0, 0.05) is 23.6 Å². The summed E-state index contributed by atoms with van der Waals surface area (Å²) >= 11 is 0. The normalized spacial score (nSPS) is 10.9. The standard InChI is InChI=1S/C17H19NO6S/c1-22-13-8-6-12(10-15(13)24-3)18-17(19)11-5-7-14(23-2)16(9-11)25(4,20)21/h5-10H,1-4H3,(H,18,19). The monoisotopic (exact) mass is 365 g/mol. The van der Waals surface area contributed by atoms with Crippen LogP contribution in [0.5, 0.6) is 17.2 Å². The number of methoxy groups -OCH3 is 3. The molecule has 134 valence electrons. The summed E-state index contributed by atoms with van der Waals surface area (Å²) in [6.45, 7) is 0. The zero-order valence-corrected chi connectivity index (χ0v) is 15.1. The second-order valence-electron chi connectivity index (χ2n) is 5.16. The number of amides is 1. The number of anilines is 1. The van der Waals surface area contributed by atoms with Gasteiger partial charge in [0.2, 0.25) is 0 Å². The molecule has 0 saturated heterocycles. The summed E-state index contributed by atoms with van der Waals surface area (Å²) in [6, 6.07) is 9.14. The fourth-order valence-corrected chi connectivity index (χ4v) is 3.08. The molecule has 1 amide bonds. The van der Waals surface area contributed by atoms with E-state index in [1.807, 2.05) is 0 Å². The molecular formula is C17H19NO6S. The van der Waals surface area contributed by atoms with Gasteiger partial charge >= 0.3 is 0 Å². The predicted octanol–water partition coefficient (Wildman–Crippen LogP) is 2.37. The third-order valence-corrected chi connectivity index (χ3v) is 4.58. The van der Waals surface area contributed by atoms with Crippen molar-refractivity contribution in [3.63, 3.8) is 0 Å². The molecule has 0 unspecified atom stereocenters. The molecule has 0 aromatic heterocycles. The fraction of sp³-hybridized carbons (Fsp3) is 0.235. The van der Waals surface area contributed by atoms with Crippen molar-refractivity contribution in [2.24, 2.45) is 0 Å². The van der Waals surface area contributed by atoms with E-state index >= 15 is 0 Å². The zero-order valence-electron chi connectivity index (χ0n) is 14.3. The second kappa shape index (κ2) is 7.43. The van der Waals surface area contributed by atoms with E-state index in [2.05, 4.69) is 5.32 Å². The molecule has 0 atom stereocenters. The summed E-state index contributed by atoms with van der Waals surface area (Å²) < 4.78 is 39.1. The van der Waals surface area contributed by atoms with Gasteiger partial charge in [0.15, 0.2) is 21.3 Å². The number of hydrogen-bond acceptors (Lipinski definition) is 6. The topological polar surface area (TPSA) is 90.9 Å². The molecule has 25 heavy (non-hydrogen) atoms. The second-order valence-corrected chi connectivity index (χ2v) is 7.15. The Morgan fingerprint density at radius 1 is 0.880 bits per heavy atom. The van der Waals surface area contributed by atoms with Gasteiger partial charge in [-0.3, -0.25) is 4.79 Å². The molecule has 0 spiro atoms. The maximum absolute atomic E-state index is 12.4. The Labute approximate surface area is 146 Å². The van der Waals surface area contributed by atoms with Crippen LogP contribution in [0.15, 0.2) is 41.3 Å². The van der Waals surface area contributed by atoms with Crippen LogP contribution in [0.2, 0.25) is 0 Å². The summed E-state index contributed by atoms with van der Waals surface area (Å²) in [5.41, 5.74) is 0.676. The van der Waals surface area contributed by atoms with Crippen LogP contribution in [-0.2, 0) is 9.84 Å². The lowest BCUT2D eigenvalue weighted by Gasteiger charge is -2.12. The molecule has 2 rings (SSSR count). The van der Waals surface area contributed by atoms with Crippen LogP contribution in [0.25, 0.3) is 0 Å². The lowest BCUT2D eigenvalue weighted by Crippen LogP contribution is -2.13. The first-order chi connectivity index (χ1) is 11.8. The van der Waals surface area contributed by atoms with Crippen LogP contribution < -0.4 is 19.5 Å². The minimum atomic E-state index is -3.54. The lowest BCUT2D eigenvalue weighted by atomic mass is 10.2. The van der Waals surface area contributed by atoms with Crippen molar-refractivity contribution < 1.29 is 27.4 Å². The highest BCUT2D eigenvalue weighted by Gasteiger charge is 2.18. The van der Waals surface area contributed by atoms with Crippen LogP contribution in [0.3, 0.4) is 0 Å². The summed E-state index contributed by atoms with van der Waals surface area (Å²) in [6.07, 6.45) is 1.06. The van der Waals surface area contributed by atoms with Gasteiger partial charge in [0.25, 0.3) is 5.91 Å². The van der Waals surface area contributed by atoms with Gasteiger partial charge < -0.3 is 19.5 Å². The number of rotatable bonds is 6. The maximum atomic E-state index is 12.4. The smallest absolute Gasteiger partial charge is 0.255 e. The highest BCUT2D eigenvalue weighted by atomic mass is 32.2. The van der Waals surface area contributed by atoms with Gasteiger partial charge in [0.05, 0.1) is 21.3 Å². The molecule has 0 aliphatic rings. The number of hydrogen-bond donors (Lipinski definition) is 1. The quantitative estimate of drug-likeness (QED) is 0.845. The molecule has 7 nitrogen and oxygen atoms in total. The molecule has 0 bridgehead atoms. The molecular weight excluding hydrogens is 346 g/mol. The number of carbonyl (C=O) groups excluding carboxylic acids is 1. The predicted molar refractivity (Wildman–Crippen MR) is 93.6 cm³/mol. The van der Waals surface area contributed by atoms with Gasteiger partial charge in [-0.2, -0.15) is 0 Å². The van der Waals surface area contributed by atoms with Gasteiger partial charge in [-0.1, -0.05) is 0 Å². The zero-order chi connectivity index (χ0) is 18.6. The highest BCUT2D eigenvalue weighted by Crippen LogP contribution is 2.30. The van der Waals surface area contributed by atoms with Crippen molar-refractivity contribution in [2.75, 3.05) is 32.9 Å². The average molecular weight is 365 g/mol. The van der Waals surface area contributed by atoms with E-state index in [0.29, 0.717) is 17.2 Å². The summed E-state index contributed by atoms with van der Waals surface area (Å²) in [5.74, 6) is 0.723. The molecule has 0 aliphatic carbocycles. The van der Waals surface area contributed by atoms with E-state index in [9.17, 15) is 13.2 Å². The third kappa shape index (κ3) is 4.21. The Bertz CT molecular complexity index is 892. The number of carbonyl (C=O) groups is 1. The van der Waals surface area contributed by atoms with E-state index in [-0.39, 0.29) is 16.2 Å². The summed E-state index contributed by atoms with van der Waals surface area (Å²) in [7, 11) is 0.838. The van der Waals surface area contributed by atoms with Gasteiger partial charge in [0.1, 0.15) is 10.6 Å². The molecule has 1 N–H and O–H groups in total. The molecule has 2 aromatic carbocycles. The lowest BCUT2D eigenvalue weighted by molar-refractivity contribution is 0.102.